The lowest BCUT2D eigenvalue weighted by molar-refractivity contribution is -0.142. The molecule has 0 heterocycles. The predicted molar refractivity (Wildman–Crippen MR) is 83.7 cm³/mol. The van der Waals surface area contributed by atoms with Crippen molar-refractivity contribution >= 4 is 17.7 Å². The maximum Gasteiger partial charge on any atom is 0.306 e. The zero-order chi connectivity index (χ0) is 16.8. The van der Waals surface area contributed by atoms with Gasteiger partial charge in [0.2, 0.25) is 0 Å². The van der Waals surface area contributed by atoms with E-state index < -0.39 is 17.5 Å². The fourth-order valence-corrected chi connectivity index (χ4v) is 3.06. The van der Waals surface area contributed by atoms with Crippen molar-refractivity contribution in [3.63, 3.8) is 0 Å². The molecule has 0 aliphatic rings. The van der Waals surface area contributed by atoms with Crippen LogP contribution in [0.5, 0.6) is 0 Å². The summed E-state index contributed by atoms with van der Waals surface area (Å²) in [6, 6.07) is 7.96. The van der Waals surface area contributed by atoms with Gasteiger partial charge >= 0.3 is 5.97 Å². The topological polar surface area (TPSA) is 26.3 Å². The molecule has 0 amide bonds. The molecule has 0 aromatic heterocycles. The Morgan fingerprint density at radius 2 is 1.70 bits per heavy atom. The van der Waals surface area contributed by atoms with Crippen LogP contribution in [-0.4, -0.2) is 18.3 Å². The highest BCUT2D eigenvalue weighted by molar-refractivity contribution is 7.99. The Morgan fingerprint density at radius 1 is 1.04 bits per heavy atom. The van der Waals surface area contributed by atoms with E-state index in [1.54, 1.807) is 6.92 Å². The first-order chi connectivity index (χ1) is 11.0. The molecule has 6 heteroatoms. The van der Waals surface area contributed by atoms with E-state index in [1.807, 2.05) is 0 Å². The molecule has 2 nitrogen and oxygen atoms in total. The largest absolute Gasteiger partial charge is 0.466 e. The number of esters is 1. The molecule has 0 aliphatic heterocycles. The van der Waals surface area contributed by atoms with E-state index in [9.17, 15) is 18.0 Å². The Bertz CT molecular complexity index is 704. The first-order valence-corrected chi connectivity index (χ1v) is 8.04. The number of hydrogen-bond acceptors (Lipinski definition) is 3. The normalized spacial score (nSPS) is 10.6. The summed E-state index contributed by atoms with van der Waals surface area (Å²) in [6.45, 7) is 1.98. The van der Waals surface area contributed by atoms with Crippen molar-refractivity contribution in [2.24, 2.45) is 0 Å². The van der Waals surface area contributed by atoms with Crippen LogP contribution in [0.1, 0.15) is 13.3 Å². The van der Waals surface area contributed by atoms with E-state index in [1.165, 1.54) is 30.3 Å². The van der Waals surface area contributed by atoms with Crippen molar-refractivity contribution in [1.82, 2.24) is 0 Å². The molecule has 122 valence electrons. The van der Waals surface area contributed by atoms with E-state index >= 15 is 0 Å². The van der Waals surface area contributed by atoms with Gasteiger partial charge in [0.1, 0.15) is 5.82 Å². The summed E-state index contributed by atoms with van der Waals surface area (Å²) in [5.74, 6) is -2.65. The maximum atomic E-state index is 14.1. The predicted octanol–water partition coefficient (Wildman–Crippen LogP) is 4.82. The van der Waals surface area contributed by atoms with Crippen LogP contribution in [0.4, 0.5) is 13.2 Å². The fourth-order valence-electron chi connectivity index (χ4n) is 2.05. The molecule has 0 fully saturated rings. The second-order valence-electron chi connectivity index (χ2n) is 4.62. The van der Waals surface area contributed by atoms with Gasteiger partial charge in [-0.3, -0.25) is 4.79 Å². The summed E-state index contributed by atoms with van der Waals surface area (Å²) < 4.78 is 46.3. The third-order valence-corrected chi connectivity index (χ3v) is 4.18. The van der Waals surface area contributed by atoms with E-state index in [-0.39, 0.29) is 40.8 Å². The highest BCUT2D eigenvalue weighted by atomic mass is 32.2. The Kier molecular flexibility index (Phi) is 6.10. The van der Waals surface area contributed by atoms with E-state index in [0.717, 1.165) is 17.8 Å². The summed E-state index contributed by atoms with van der Waals surface area (Å²) in [6.07, 6.45) is 0.109. The smallest absolute Gasteiger partial charge is 0.306 e. The van der Waals surface area contributed by atoms with Crippen molar-refractivity contribution in [3.8, 4) is 11.1 Å². The quantitative estimate of drug-likeness (QED) is 0.557. The molecule has 0 aliphatic carbocycles. The molecular weight excluding hydrogens is 325 g/mol. The molecule has 0 N–H and O–H groups in total. The Labute approximate surface area is 136 Å². The van der Waals surface area contributed by atoms with Gasteiger partial charge in [0.15, 0.2) is 11.6 Å². The molecule has 0 unspecified atom stereocenters. The van der Waals surface area contributed by atoms with Crippen LogP contribution in [-0.2, 0) is 9.53 Å². The SMILES string of the molecule is CCOC(=O)CCSc1c(F)cccc1-c1cccc(F)c1F. The van der Waals surface area contributed by atoms with Crippen LogP contribution >= 0.6 is 11.8 Å². The standard InChI is InChI=1S/C17H15F3O2S/c1-2-22-15(21)9-10-23-17-12(6-4-8-14(17)19)11-5-3-7-13(18)16(11)20/h3-8H,2,9-10H2,1H3. The van der Waals surface area contributed by atoms with Crippen molar-refractivity contribution in [2.75, 3.05) is 12.4 Å². The van der Waals surface area contributed by atoms with Crippen LogP contribution in [0.15, 0.2) is 41.3 Å². The van der Waals surface area contributed by atoms with Crippen molar-refractivity contribution in [3.05, 3.63) is 53.8 Å². The molecule has 0 spiro atoms. The molecule has 2 aromatic carbocycles. The molecule has 2 rings (SSSR count). The van der Waals surface area contributed by atoms with Crippen LogP contribution in [0, 0.1) is 17.5 Å². The molecule has 2 aromatic rings. The van der Waals surface area contributed by atoms with Gasteiger partial charge in [-0.05, 0) is 19.1 Å². The number of hydrogen-bond donors (Lipinski definition) is 0. The Morgan fingerprint density at radius 3 is 2.39 bits per heavy atom. The zero-order valence-electron chi connectivity index (χ0n) is 12.4. The van der Waals surface area contributed by atoms with Crippen LogP contribution in [0.2, 0.25) is 0 Å². The molecule has 0 atom stereocenters. The number of rotatable bonds is 6. The van der Waals surface area contributed by atoms with Gasteiger partial charge in [-0.15, -0.1) is 11.8 Å². The summed E-state index contributed by atoms with van der Waals surface area (Å²) in [5, 5.41) is 0. The average Bonchev–Trinajstić information content (AvgIpc) is 2.52. The van der Waals surface area contributed by atoms with Crippen molar-refractivity contribution < 1.29 is 22.7 Å². The monoisotopic (exact) mass is 340 g/mol. The van der Waals surface area contributed by atoms with Gasteiger partial charge in [0, 0.05) is 16.9 Å². The van der Waals surface area contributed by atoms with Gasteiger partial charge in [0.25, 0.3) is 0 Å². The first kappa shape index (κ1) is 17.4. The fraction of sp³-hybridized carbons (Fsp3) is 0.235. The Balaban J connectivity index is 2.26. The number of carbonyl (C=O) groups excluding carboxylic acids is 1. The number of carbonyl (C=O) groups is 1. The molecule has 23 heavy (non-hydrogen) atoms. The van der Waals surface area contributed by atoms with Crippen molar-refractivity contribution in [1.29, 1.82) is 0 Å². The van der Waals surface area contributed by atoms with Gasteiger partial charge in [0.05, 0.1) is 17.9 Å². The summed E-state index contributed by atoms with van der Waals surface area (Å²) in [7, 11) is 0. The molecule has 0 bridgehead atoms. The van der Waals surface area contributed by atoms with E-state index in [0.29, 0.717) is 0 Å². The Hall–Kier alpha value is -1.95. The van der Waals surface area contributed by atoms with Gasteiger partial charge in [-0.1, -0.05) is 24.3 Å². The molecule has 0 saturated carbocycles. The minimum absolute atomic E-state index is 0.0110. The number of benzene rings is 2. The minimum Gasteiger partial charge on any atom is -0.466 e. The third-order valence-electron chi connectivity index (χ3n) is 3.07. The minimum atomic E-state index is -1.02. The highest BCUT2D eigenvalue weighted by Crippen LogP contribution is 2.35. The summed E-state index contributed by atoms with van der Waals surface area (Å²) in [4.78, 5) is 11.5. The average molecular weight is 340 g/mol. The molecular formula is C17H15F3O2S. The summed E-state index contributed by atoms with van der Waals surface area (Å²) >= 11 is 1.07. The third kappa shape index (κ3) is 4.28. The highest BCUT2D eigenvalue weighted by Gasteiger charge is 2.16. The van der Waals surface area contributed by atoms with Gasteiger partial charge in [-0.25, -0.2) is 13.2 Å². The summed E-state index contributed by atoms with van der Waals surface area (Å²) in [5.41, 5.74) is 0.249. The number of halogens is 3. The second-order valence-corrected chi connectivity index (χ2v) is 5.73. The maximum absolute atomic E-state index is 14.1. The lowest BCUT2D eigenvalue weighted by Crippen LogP contribution is -2.05. The number of ether oxygens (including phenoxy) is 1. The molecule has 0 radical (unpaired) electrons. The molecule has 0 saturated heterocycles. The second kappa shape index (κ2) is 8.06. The van der Waals surface area contributed by atoms with Crippen molar-refractivity contribution in [2.45, 2.75) is 18.2 Å². The van der Waals surface area contributed by atoms with Crippen LogP contribution in [0.25, 0.3) is 11.1 Å². The van der Waals surface area contributed by atoms with E-state index in [2.05, 4.69) is 0 Å². The van der Waals surface area contributed by atoms with Gasteiger partial charge in [-0.2, -0.15) is 0 Å². The first-order valence-electron chi connectivity index (χ1n) is 7.06. The lowest BCUT2D eigenvalue weighted by atomic mass is 10.0. The van der Waals surface area contributed by atoms with E-state index in [4.69, 9.17) is 4.74 Å². The van der Waals surface area contributed by atoms with Gasteiger partial charge < -0.3 is 4.74 Å². The van der Waals surface area contributed by atoms with Crippen LogP contribution < -0.4 is 0 Å². The zero-order valence-corrected chi connectivity index (χ0v) is 13.3. The lowest BCUT2D eigenvalue weighted by Gasteiger charge is -2.11. The number of thioether (sulfide) groups is 1. The van der Waals surface area contributed by atoms with Crippen LogP contribution in [0.3, 0.4) is 0 Å².